The molecule has 0 saturated heterocycles. The molecule has 3 N–H and O–H groups in total. The van der Waals surface area contributed by atoms with E-state index in [1.807, 2.05) is 6.07 Å². The van der Waals surface area contributed by atoms with Gasteiger partial charge in [-0.25, -0.2) is 4.79 Å². The van der Waals surface area contributed by atoms with Crippen LogP contribution < -0.4 is 20.5 Å². The maximum atomic E-state index is 12.8. The number of anilines is 2. The largest absolute Gasteiger partial charge is 0.493 e. The molecule has 0 fully saturated rings. The molecule has 0 bridgehead atoms. The highest BCUT2D eigenvalue weighted by molar-refractivity contribution is 6.05. The first-order valence-electron chi connectivity index (χ1n) is 9.06. The van der Waals surface area contributed by atoms with E-state index in [0.717, 1.165) is 0 Å². The molecule has 0 aliphatic rings. The monoisotopic (exact) mass is 420 g/mol. The summed E-state index contributed by atoms with van der Waals surface area (Å²) in [6.07, 6.45) is 1.42. The number of nitrogens with zero attached hydrogens (tertiary/aromatic N) is 2. The van der Waals surface area contributed by atoms with Crippen molar-refractivity contribution in [3.63, 3.8) is 0 Å². The van der Waals surface area contributed by atoms with Crippen LogP contribution in [0.4, 0.5) is 11.4 Å². The van der Waals surface area contributed by atoms with Gasteiger partial charge in [-0.2, -0.15) is 5.26 Å². The van der Waals surface area contributed by atoms with Gasteiger partial charge < -0.3 is 29.8 Å². The van der Waals surface area contributed by atoms with Crippen molar-refractivity contribution in [1.82, 2.24) is 4.57 Å². The van der Waals surface area contributed by atoms with Crippen molar-refractivity contribution in [2.24, 2.45) is 0 Å². The lowest BCUT2D eigenvalue weighted by atomic mass is 10.1. The summed E-state index contributed by atoms with van der Waals surface area (Å²) >= 11 is 0. The molecule has 9 heteroatoms. The van der Waals surface area contributed by atoms with Crippen LogP contribution in [-0.2, 0) is 4.74 Å². The summed E-state index contributed by atoms with van der Waals surface area (Å²) in [5.41, 5.74) is 7.39. The molecule has 1 amide bonds. The number of nitriles is 1. The number of rotatable bonds is 6. The third-order valence-corrected chi connectivity index (χ3v) is 4.57. The first-order chi connectivity index (χ1) is 14.9. The van der Waals surface area contributed by atoms with Crippen molar-refractivity contribution in [2.75, 3.05) is 32.4 Å². The van der Waals surface area contributed by atoms with Crippen LogP contribution in [-0.4, -0.2) is 37.8 Å². The zero-order valence-corrected chi connectivity index (χ0v) is 17.1. The minimum absolute atomic E-state index is 0.00883. The fourth-order valence-electron chi connectivity index (χ4n) is 3.03. The number of nitrogens with two attached hydrogens (primary N) is 1. The summed E-state index contributed by atoms with van der Waals surface area (Å²) < 4.78 is 16.7. The molecule has 1 heterocycles. The van der Waals surface area contributed by atoms with E-state index in [2.05, 4.69) is 5.32 Å². The highest BCUT2D eigenvalue weighted by Crippen LogP contribution is 2.30. The van der Waals surface area contributed by atoms with Crippen LogP contribution in [0.1, 0.15) is 26.4 Å². The van der Waals surface area contributed by atoms with Crippen LogP contribution in [0.2, 0.25) is 0 Å². The lowest BCUT2D eigenvalue weighted by Crippen LogP contribution is -2.14. The average Bonchev–Trinajstić information content (AvgIpc) is 3.14. The molecule has 0 aliphatic carbocycles. The molecule has 3 aromatic rings. The van der Waals surface area contributed by atoms with Gasteiger partial charge >= 0.3 is 5.97 Å². The minimum Gasteiger partial charge on any atom is -0.493 e. The number of aromatic nitrogens is 1. The Balaban J connectivity index is 1.95. The molecule has 0 unspecified atom stereocenters. The molecule has 9 nitrogen and oxygen atoms in total. The second kappa shape index (κ2) is 8.92. The summed E-state index contributed by atoms with van der Waals surface area (Å²) in [5.74, 6) is -0.0616. The minimum atomic E-state index is -0.695. The third-order valence-electron chi connectivity index (χ3n) is 4.57. The number of esters is 1. The van der Waals surface area contributed by atoms with Crippen LogP contribution >= 0.6 is 0 Å². The molecule has 0 saturated carbocycles. The topological polar surface area (TPSA) is 129 Å². The van der Waals surface area contributed by atoms with E-state index >= 15 is 0 Å². The van der Waals surface area contributed by atoms with Crippen molar-refractivity contribution >= 4 is 23.3 Å². The Hall–Kier alpha value is -4.45. The van der Waals surface area contributed by atoms with E-state index in [1.165, 1.54) is 32.1 Å². The summed E-state index contributed by atoms with van der Waals surface area (Å²) in [6, 6.07) is 13.5. The number of nitrogen functional groups attached to an aromatic ring is 1. The Morgan fingerprint density at radius 1 is 1.06 bits per heavy atom. The van der Waals surface area contributed by atoms with Crippen molar-refractivity contribution in [3.8, 4) is 23.3 Å². The molecule has 158 valence electrons. The molecular formula is C22H20N4O5. The number of methoxy groups -OCH3 is 3. The molecule has 0 spiro atoms. The van der Waals surface area contributed by atoms with Gasteiger partial charge in [-0.1, -0.05) is 6.07 Å². The highest BCUT2D eigenvalue weighted by atomic mass is 16.5. The molecule has 0 aliphatic heterocycles. The number of hydrogen-bond donors (Lipinski definition) is 2. The van der Waals surface area contributed by atoms with E-state index in [0.29, 0.717) is 28.4 Å². The molecular weight excluding hydrogens is 400 g/mol. The van der Waals surface area contributed by atoms with Gasteiger partial charge in [0.25, 0.3) is 5.91 Å². The maximum Gasteiger partial charge on any atom is 0.357 e. The van der Waals surface area contributed by atoms with Gasteiger partial charge in [0.15, 0.2) is 17.2 Å². The van der Waals surface area contributed by atoms with Crippen molar-refractivity contribution in [2.45, 2.75) is 0 Å². The second-order valence-corrected chi connectivity index (χ2v) is 6.35. The summed E-state index contributed by atoms with van der Waals surface area (Å²) in [4.78, 5) is 25.0. The SMILES string of the molecule is COC(=O)c1c(N)c(C#N)cn1-c1cccc(C(=O)Nc2ccc(OC)c(OC)c2)c1. The van der Waals surface area contributed by atoms with Crippen LogP contribution in [0, 0.1) is 11.3 Å². The smallest absolute Gasteiger partial charge is 0.357 e. The maximum absolute atomic E-state index is 12.8. The third kappa shape index (κ3) is 4.13. The van der Waals surface area contributed by atoms with Gasteiger partial charge in [-0.3, -0.25) is 4.79 Å². The van der Waals surface area contributed by atoms with Crippen LogP contribution in [0.15, 0.2) is 48.7 Å². The quantitative estimate of drug-likeness (QED) is 0.587. The van der Waals surface area contributed by atoms with Gasteiger partial charge in [0.05, 0.1) is 32.6 Å². The zero-order chi connectivity index (χ0) is 22.5. The van der Waals surface area contributed by atoms with Gasteiger partial charge in [0.1, 0.15) is 6.07 Å². The van der Waals surface area contributed by atoms with Gasteiger partial charge in [-0.15, -0.1) is 0 Å². The number of carbonyl (C=O) groups is 2. The van der Waals surface area contributed by atoms with E-state index in [9.17, 15) is 14.9 Å². The molecule has 3 rings (SSSR count). The number of ether oxygens (including phenoxy) is 3. The van der Waals surface area contributed by atoms with Crippen molar-refractivity contribution < 1.29 is 23.8 Å². The van der Waals surface area contributed by atoms with Gasteiger partial charge in [-0.05, 0) is 30.3 Å². The number of amides is 1. The van der Waals surface area contributed by atoms with Crippen molar-refractivity contribution in [1.29, 1.82) is 5.26 Å². The lowest BCUT2D eigenvalue weighted by Gasteiger charge is -2.12. The average molecular weight is 420 g/mol. The second-order valence-electron chi connectivity index (χ2n) is 6.35. The standard InChI is InChI=1S/C22H20N4O5/c1-29-17-8-7-15(10-18(17)30-2)25-21(27)13-5-4-6-16(9-13)26-12-14(11-23)19(24)20(26)22(28)31-3/h4-10,12H,24H2,1-3H3,(H,25,27). The van der Waals surface area contributed by atoms with E-state index in [-0.39, 0.29) is 22.9 Å². The Bertz CT molecular complexity index is 1190. The first kappa shape index (κ1) is 21.3. The number of nitrogens with one attached hydrogen (secondary N) is 1. The summed E-state index contributed by atoms with van der Waals surface area (Å²) in [6.45, 7) is 0. The lowest BCUT2D eigenvalue weighted by molar-refractivity contribution is 0.0593. The summed E-state index contributed by atoms with van der Waals surface area (Å²) in [7, 11) is 4.25. The predicted octanol–water partition coefficient (Wildman–Crippen LogP) is 2.99. The van der Waals surface area contributed by atoms with E-state index < -0.39 is 5.97 Å². The number of hydrogen-bond acceptors (Lipinski definition) is 7. The predicted molar refractivity (Wildman–Crippen MR) is 114 cm³/mol. The molecule has 31 heavy (non-hydrogen) atoms. The normalized spacial score (nSPS) is 10.1. The summed E-state index contributed by atoms with van der Waals surface area (Å²) in [5, 5.41) is 12.1. The highest BCUT2D eigenvalue weighted by Gasteiger charge is 2.22. The molecule has 0 radical (unpaired) electrons. The zero-order valence-electron chi connectivity index (χ0n) is 17.1. The molecule has 2 aromatic carbocycles. The Labute approximate surface area is 178 Å². The van der Waals surface area contributed by atoms with Crippen LogP contribution in [0.25, 0.3) is 5.69 Å². The van der Waals surface area contributed by atoms with Gasteiger partial charge in [0.2, 0.25) is 0 Å². The van der Waals surface area contributed by atoms with Crippen LogP contribution in [0.5, 0.6) is 11.5 Å². The number of carbonyl (C=O) groups excluding carboxylic acids is 2. The van der Waals surface area contributed by atoms with Gasteiger partial charge in [0, 0.05) is 29.2 Å². The van der Waals surface area contributed by atoms with Crippen LogP contribution in [0.3, 0.4) is 0 Å². The first-order valence-corrected chi connectivity index (χ1v) is 9.06. The fraction of sp³-hybridized carbons (Fsp3) is 0.136. The van der Waals surface area contributed by atoms with E-state index in [4.69, 9.17) is 19.9 Å². The van der Waals surface area contributed by atoms with Crippen molar-refractivity contribution in [3.05, 3.63) is 65.5 Å². The Morgan fingerprint density at radius 2 is 1.81 bits per heavy atom. The number of benzene rings is 2. The molecule has 0 atom stereocenters. The van der Waals surface area contributed by atoms with E-state index in [1.54, 1.807) is 42.5 Å². The molecule has 1 aromatic heterocycles. The Morgan fingerprint density at radius 3 is 2.45 bits per heavy atom. The fourth-order valence-corrected chi connectivity index (χ4v) is 3.03. The Kier molecular flexibility index (Phi) is 6.12.